The van der Waals surface area contributed by atoms with Gasteiger partial charge in [0.15, 0.2) is 17.2 Å². The van der Waals surface area contributed by atoms with E-state index in [0.29, 0.717) is 11.3 Å². The van der Waals surface area contributed by atoms with Gasteiger partial charge in [0.1, 0.15) is 10.9 Å². The van der Waals surface area contributed by atoms with E-state index in [1.54, 1.807) is 12.1 Å². The van der Waals surface area contributed by atoms with Gasteiger partial charge in [0.05, 0.1) is 12.8 Å². The van der Waals surface area contributed by atoms with Gasteiger partial charge in [0.2, 0.25) is 5.91 Å². The van der Waals surface area contributed by atoms with Crippen LogP contribution in [0.2, 0.25) is 0 Å². The molecular formula is C26H31N5O5S. The standard InChI is InChI=1S/C26H31N5O5S/c1-6-14-7-10-16(11-8-14)31(25(35)22-19(27)20(23(28)33)30-37-22)21(24(34)29-26(2,3)4)15-9-12-17(32)18(13-15)36-5/h7-13,21,32H,6,27H2,1-5H3,(H2,28,33)(H,29,34)/t21-/m1/s1. The number of carbonyl (C=O) groups is 3. The predicted molar refractivity (Wildman–Crippen MR) is 143 cm³/mol. The zero-order valence-corrected chi connectivity index (χ0v) is 22.2. The van der Waals surface area contributed by atoms with E-state index in [4.69, 9.17) is 16.2 Å². The first-order valence-corrected chi connectivity index (χ1v) is 12.3. The lowest BCUT2D eigenvalue weighted by Gasteiger charge is -2.34. The van der Waals surface area contributed by atoms with Crippen LogP contribution in [0.5, 0.6) is 11.5 Å². The van der Waals surface area contributed by atoms with Crippen LogP contribution in [0.3, 0.4) is 0 Å². The van der Waals surface area contributed by atoms with Crippen LogP contribution in [0, 0.1) is 0 Å². The Hall–Kier alpha value is -4.12. The molecule has 6 N–H and O–H groups in total. The summed E-state index contributed by atoms with van der Waals surface area (Å²) in [5.41, 5.74) is 12.3. The SMILES string of the molecule is CCc1ccc(N(C(=O)c2snc(C(N)=O)c2N)[C@@H](C(=O)NC(C)(C)C)c2ccc(O)c(OC)c2)cc1. The van der Waals surface area contributed by atoms with Gasteiger partial charge in [-0.25, -0.2) is 0 Å². The normalized spacial score (nSPS) is 12.0. The van der Waals surface area contributed by atoms with E-state index in [1.807, 2.05) is 39.8 Å². The zero-order valence-electron chi connectivity index (χ0n) is 21.4. The van der Waals surface area contributed by atoms with Gasteiger partial charge in [-0.15, -0.1) is 0 Å². The molecule has 1 heterocycles. The first-order chi connectivity index (χ1) is 17.4. The van der Waals surface area contributed by atoms with Crippen molar-refractivity contribution in [1.82, 2.24) is 9.69 Å². The van der Waals surface area contributed by atoms with Crippen molar-refractivity contribution in [3.63, 3.8) is 0 Å². The molecule has 0 fully saturated rings. The Labute approximate surface area is 219 Å². The Bertz CT molecular complexity index is 1310. The summed E-state index contributed by atoms with van der Waals surface area (Å²) in [7, 11) is 1.39. The number of aryl methyl sites for hydroxylation is 1. The summed E-state index contributed by atoms with van der Waals surface area (Å²) in [5.74, 6) is -1.98. The fourth-order valence-electron chi connectivity index (χ4n) is 3.73. The summed E-state index contributed by atoms with van der Waals surface area (Å²) in [6.07, 6.45) is 0.779. The Morgan fingerprint density at radius 2 is 1.81 bits per heavy atom. The molecule has 2 aromatic carbocycles. The van der Waals surface area contributed by atoms with Crippen molar-refractivity contribution in [3.05, 3.63) is 64.2 Å². The molecule has 0 saturated heterocycles. The van der Waals surface area contributed by atoms with Gasteiger partial charge in [0.25, 0.3) is 11.8 Å². The highest BCUT2D eigenvalue weighted by atomic mass is 32.1. The molecule has 0 aliphatic rings. The topological polar surface area (TPSA) is 161 Å². The van der Waals surface area contributed by atoms with E-state index in [9.17, 15) is 19.5 Å². The fourth-order valence-corrected chi connectivity index (χ4v) is 4.48. The molecule has 0 unspecified atom stereocenters. The molecule has 0 aliphatic carbocycles. The van der Waals surface area contributed by atoms with E-state index in [0.717, 1.165) is 23.5 Å². The average molecular weight is 526 g/mol. The number of hydrogen-bond donors (Lipinski definition) is 4. The van der Waals surface area contributed by atoms with E-state index < -0.39 is 29.3 Å². The molecule has 11 heteroatoms. The Morgan fingerprint density at radius 3 is 2.32 bits per heavy atom. The molecule has 10 nitrogen and oxygen atoms in total. The summed E-state index contributed by atoms with van der Waals surface area (Å²) >= 11 is 0.727. The van der Waals surface area contributed by atoms with Crippen molar-refractivity contribution in [2.24, 2.45) is 5.73 Å². The molecule has 0 saturated carbocycles. The zero-order chi connectivity index (χ0) is 27.5. The number of primary amides is 1. The lowest BCUT2D eigenvalue weighted by atomic mass is 9.99. The number of nitrogens with zero attached hydrogens (tertiary/aromatic N) is 2. The molecule has 3 aromatic rings. The number of nitrogens with two attached hydrogens (primary N) is 2. The van der Waals surface area contributed by atoms with Gasteiger partial charge < -0.3 is 26.6 Å². The first kappa shape index (κ1) is 27.5. The molecule has 0 spiro atoms. The average Bonchev–Trinajstić information content (AvgIpc) is 3.23. The lowest BCUT2D eigenvalue weighted by molar-refractivity contribution is -0.123. The van der Waals surface area contributed by atoms with Gasteiger partial charge >= 0.3 is 0 Å². The Morgan fingerprint density at radius 1 is 1.16 bits per heavy atom. The number of phenols is 1. The number of ether oxygens (including phenoxy) is 1. The second-order valence-corrected chi connectivity index (χ2v) is 10.2. The van der Waals surface area contributed by atoms with E-state index in [-0.39, 0.29) is 27.8 Å². The number of carbonyl (C=O) groups excluding carboxylic acids is 3. The highest BCUT2D eigenvalue weighted by Gasteiger charge is 2.37. The van der Waals surface area contributed by atoms with Crippen LogP contribution >= 0.6 is 11.5 Å². The Balaban J connectivity index is 2.27. The maximum atomic E-state index is 14.1. The van der Waals surface area contributed by atoms with Crippen molar-refractivity contribution in [2.75, 3.05) is 17.7 Å². The van der Waals surface area contributed by atoms with Crippen LogP contribution in [-0.4, -0.2) is 39.9 Å². The highest BCUT2D eigenvalue weighted by Crippen LogP contribution is 2.36. The van der Waals surface area contributed by atoms with Gasteiger partial charge in [-0.2, -0.15) is 4.37 Å². The van der Waals surface area contributed by atoms with Crippen LogP contribution in [0.4, 0.5) is 11.4 Å². The molecule has 1 aromatic heterocycles. The first-order valence-electron chi connectivity index (χ1n) is 11.5. The number of methoxy groups -OCH3 is 1. The van der Waals surface area contributed by atoms with Gasteiger partial charge in [0, 0.05) is 11.2 Å². The van der Waals surface area contributed by atoms with Crippen LogP contribution in [0.25, 0.3) is 0 Å². The fraction of sp³-hybridized carbons (Fsp3) is 0.308. The van der Waals surface area contributed by atoms with Gasteiger partial charge in [-0.05, 0) is 74.1 Å². The van der Waals surface area contributed by atoms with Gasteiger partial charge in [-0.1, -0.05) is 25.1 Å². The second-order valence-electron chi connectivity index (χ2n) is 9.41. The van der Waals surface area contributed by atoms with Crippen LogP contribution in [-0.2, 0) is 11.2 Å². The third kappa shape index (κ3) is 6.00. The van der Waals surface area contributed by atoms with Crippen LogP contribution < -0.4 is 26.4 Å². The monoisotopic (exact) mass is 525 g/mol. The predicted octanol–water partition coefficient (Wildman–Crippen LogP) is 3.40. The molecule has 0 radical (unpaired) electrons. The number of aromatic nitrogens is 1. The summed E-state index contributed by atoms with van der Waals surface area (Å²) in [6.45, 7) is 7.47. The van der Waals surface area contributed by atoms with Crippen molar-refractivity contribution >= 4 is 40.6 Å². The number of nitrogens with one attached hydrogen (secondary N) is 1. The smallest absolute Gasteiger partial charge is 0.273 e. The Kier molecular flexibility index (Phi) is 8.07. The van der Waals surface area contributed by atoms with Gasteiger partial charge in [-0.3, -0.25) is 19.3 Å². The quantitative estimate of drug-likeness (QED) is 0.350. The molecule has 3 rings (SSSR count). The minimum Gasteiger partial charge on any atom is -0.504 e. The molecule has 1 atom stereocenters. The number of hydrogen-bond acceptors (Lipinski definition) is 8. The summed E-state index contributed by atoms with van der Waals surface area (Å²) in [6, 6.07) is 10.4. The maximum absolute atomic E-state index is 14.1. The largest absolute Gasteiger partial charge is 0.504 e. The number of amides is 3. The minimum absolute atomic E-state index is 0.0346. The number of aromatic hydroxyl groups is 1. The number of benzene rings is 2. The molecule has 37 heavy (non-hydrogen) atoms. The summed E-state index contributed by atoms with van der Waals surface area (Å²) in [4.78, 5) is 40.9. The number of rotatable bonds is 8. The number of anilines is 2. The third-order valence-electron chi connectivity index (χ3n) is 5.52. The van der Waals surface area contributed by atoms with Crippen LogP contribution in [0.15, 0.2) is 42.5 Å². The molecule has 3 amide bonds. The van der Waals surface area contributed by atoms with Crippen molar-refractivity contribution in [1.29, 1.82) is 0 Å². The second kappa shape index (κ2) is 10.9. The van der Waals surface area contributed by atoms with Crippen molar-refractivity contribution in [2.45, 2.75) is 45.7 Å². The van der Waals surface area contributed by atoms with Crippen LogP contribution in [0.1, 0.15) is 65.0 Å². The van der Waals surface area contributed by atoms with Crippen molar-refractivity contribution < 1.29 is 24.2 Å². The molecule has 196 valence electrons. The summed E-state index contributed by atoms with van der Waals surface area (Å²) in [5, 5.41) is 13.1. The molecule has 0 aliphatic heterocycles. The maximum Gasteiger partial charge on any atom is 0.273 e. The lowest BCUT2D eigenvalue weighted by Crippen LogP contribution is -2.49. The molecular weight excluding hydrogens is 494 g/mol. The van der Waals surface area contributed by atoms with E-state index >= 15 is 0 Å². The highest BCUT2D eigenvalue weighted by molar-refractivity contribution is 7.09. The number of nitrogen functional groups attached to an aromatic ring is 1. The molecule has 0 bridgehead atoms. The summed E-state index contributed by atoms with van der Waals surface area (Å²) < 4.78 is 9.22. The third-order valence-corrected chi connectivity index (χ3v) is 6.37. The number of phenolic OH excluding ortho intramolecular Hbond substituents is 1. The van der Waals surface area contributed by atoms with E-state index in [1.165, 1.54) is 30.2 Å². The van der Waals surface area contributed by atoms with Crippen molar-refractivity contribution in [3.8, 4) is 11.5 Å². The minimum atomic E-state index is -1.20. The van der Waals surface area contributed by atoms with E-state index in [2.05, 4.69) is 9.69 Å².